The van der Waals surface area contributed by atoms with E-state index in [0.717, 1.165) is 48.9 Å². The zero-order valence-corrected chi connectivity index (χ0v) is 11.6. The molecule has 21 heavy (non-hydrogen) atoms. The predicted octanol–water partition coefficient (Wildman–Crippen LogP) is 2.53. The molecule has 106 valence electrons. The highest BCUT2D eigenvalue weighted by atomic mass is 16.5. The molecule has 0 amide bonds. The summed E-state index contributed by atoms with van der Waals surface area (Å²) in [4.78, 5) is 13.7. The Balaban J connectivity index is 1.84. The normalized spacial score (nSPS) is 18.4. The number of fused-ring (bicyclic) bond motifs is 1. The van der Waals surface area contributed by atoms with Crippen molar-refractivity contribution in [1.82, 2.24) is 19.5 Å². The van der Waals surface area contributed by atoms with Crippen LogP contribution in [0.4, 0.5) is 0 Å². The summed E-state index contributed by atoms with van der Waals surface area (Å²) in [6.45, 7) is 2.54. The highest BCUT2D eigenvalue weighted by Crippen LogP contribution is 2.25. The molecule has 1 unspecified atom stereocenters. The second-order valence-electron chi connectivity index (χ2n) is 5.34. The van der Waals surface area contributed by atoms with Crippen molar-refractivity contribution < 1.29 is 4.74 Å². The SMILES string of the molecule is c1ccc(-c2nc3cccnc3n2CC2CCOC2)nc1. The molecule has 0 aliphatic carbocycles. The van der Waals surface area contributed by atoms with Crippen LogP contribution in [0.5, 0.6) is 0 Å². The second-order valence-corrected chi connectivity index (χ2v) is 5.34. The van der Waals surface area contributed by atoms with E-state index in [4.69, 9.17) is 9.72 Å². The van der Waals surface area contributed by atoms with E-state index >= 15 is 0 Å². The summed E-state index contributed by atoms with van der Waals surface area (Å²) < 4.78 is 7.67. The quantitative estimate of drug-likeness (QED) is 0.740. The van der Waals surface area contributed by atoms with Crippen LogP contribution >= 0.6 is 0 Å². The minimum absolute atomic E-state index is 0.520. The molecule has 0 radical (unpaired) electrons. The minimum Gasteiger partial charge on any atom is -0.381 e. The first-order valence-corrected chi connectivity index (χ1v) is 7.22. The van der Waals surface area contributed by atoms with Crippen LogP contribution in [0.2, 0.25) is 0 Å². The van der Waals surface area contributed by atoms with Crippen LogP contribution in [0.3, 0.4) is 0 Å². The Morgan fingerprint density at radius 3 is 2.90 bits per heavy atom. The topological polar surface area (TPSA) is 52.8 Å². The van der Waals surface area contributed by atoms with Crippen LogP contribution in [0.1, 0.15) is 6.42 Å². The molecule has 4 heterocycles. The molecule has 1 atom stereocenters. The van der Waals surface area contributed by atoms with Crippen LogP contribution in [-0.2, 0) is 11.3 Å². The molecule has 3 aromatic heterocycles. The molecule has 1 aliphatic heterocycles. The lowest BCUT2D eigenvalue weighted by molar-refractivity contribution is 0.183. The third-order valence-corrected chi connectivity index (χ3v) is 3.86. The van der Waals surface area contributed by atoms with Gasteiger partial charge in [-0.05, 0) is 30.7 Å². The zero-order valence-electron chi connectivity index (χ0n) is 11.6. The average Bonchev–Trinajstić information content (AvgIpc) is 3.17. The van der Waals surface area contributed by atoms with Crippen molar-refractivity contribution in [3.05, 3.63) is 42.7 Å². The first kappa shape index (κ1) is 12.5. The molecule has 4 rings (SSSR count). The van der Waals surface area contributed by atoms with Gasteiger partial charge in [0.15, 0.2) is 11.5 Å². The van der Waals surface area contributed by atoms with Crippen LogP contribution < -0.4 is 0 Å². The molecule has 0 bridgehead atoms. The number of nitrogens with zero attached hydrogens (tertiary/aromatic N) is 4. The second kappa shape index (κ2) is 5.26. The number of hydrogen-bond donors (Lipinski definition) is 0. The Bertz CT molecular complexity index is 747. The smallest absolute Gasteiger partial charge is 0.161 e. The third-order valence-electron chi connectivity index (χ3n) is 3.86. The van der Waals surface area contributed by atoms with Gasteiger partial charge in [0.2, 0.25) is 0 Å². The molecular weight excluding hydrogens is 264 g/mol. The number of ether oxygens (including phenoxy) is 1. The minimum atomic E-state index is 0.520. The van der Waals surface area contributed by atoms with E-state index in [0.29, 0.717) is 5.92 Å². The lowest BCUT2D eigenvalue weighted by atomic mass is 10.1. The molecule has 1 aliphatic rings. The number of imidazole rings is 1. The van der Waals surface area contributed by atoms with Crippen molar-refractivity contribution in [3.63, 3.8) is 0 Å². The molecule has 1 saturated heterocycles. The van der Waals surface area contributed by atoms with E-state index in [1.165, 1.54) is 0 Å². The van der Waals surface area contributed by atoms with Crippen LogP contribution in [0.15, 0.2) is 42.7 Å². The summed E-state index contributed by atoms with van der Waals surface area (Å²) >= 11 is 0. The zero-order chi connectivity index (χ0) is 14.1. The van der Waals surface area contributed by atoms with Crippen molar-refractivity contribution >= 4 is 11.2 Å². The Kier molecular flexibility index (Phi) is 3.12. The van der Waals surface area contributed by atoms with Gasteiger partial charge in [0.05, 0.1) is 6.61 Å². The standard InChI is InChI=1S/C16H16N4O/c1-2-7-17-13(4-1)16-19-14-5-3-8-18-15(14)20(16)10-12-6-9-21-11-12/h1-5,7-8,12H,6,9-11H2. The van der Waals surface area contributed by atoms with Gasteiger partial charge in [0, 0.05) is 31.5 Å². The fraction of sp³-hybridized carbons (Fsp3) is 0.312. The van der Waals surface area contributed by atoms with E-state index < -0.39 is 0 Å². The van der Waals surface area contributed by atoms with Gasteiger partial charge in [-0.3, -0.25) is 4.98 Å². The number of aromatic nitrogens is 4. The maximum absolute atomic E-state index is 5.49. The van der Waals surface area contributed by atoms with Crippen molar-refractivity contribution in [2.45, 2.75) is 13.0 Å². The van der Waals surface area contributed by atoms with Crippen molar-refractivity contribution in [1.29, 1.82) is 0 Å². The molecule has 0 N–H and O–H groups in total. The summed E-state index contributed by atoms with van der Waals surface area (Å²) in [5, 5.41) is 0. The van der Waals surface area contributed by atoms with Crippen molar-refractivity contribution in [2.75, 3.05) is 13.2 Å². The Hall–Kier alpha value is -2.27. The van der Waals surface area contributed by atoms with Gasteiger partial charge < -0.3 is 9.30 Å². The predicted molar refractivity (Wildman–Crippen MR) is 79.7 cm³/mol. The van der Waals surface area contributed by atoms with Crippen LogP contribution in [0.25, 0.3) is 22.7 Å². The molecule has 3 aromatic rings. The summed E-state index contributed by atoms with van der Waals surface area (Å²) in [5.74, 6) is 1.41. The Labute approximate surface area is 122 Å². The third kappa shape index (κ3) is 2.29. The molecule has 5 nitrogen and oxygen atoms in total. The lowest BCUT2D eigenvalue weighted by Gasteiger charge is -2.12. The summed E-state index contributed by atoms with van der Waals surface area (Å²) in [7, 11) is 0. The lowest BCUT2D eigenvalue weighted by Crippen LogP contribution is -2.12. The van der Waals surface area contributed by atoms with Gasteiger partial charge in [0.25, 0.3) is 0 Å². The summed E-state index contributed by atoms with van der Waals surface area (Å²) in [6, 6.07) is 9.80. The fourth-order valence-corrected chi connectivity index (χ4v) is 2.81. The van der Waals surface area contributed by atoms with Gasteiger partial charge in [-0.25, -0.2) is 9.97 Å². The van der Waals surface area contributed by atoms with Crippen molar-refractivity contribution in [2.24, 2.45) is 5.92 Å². The average molecular weight is 280 g/mol. The molecule has 0 spiro atoms. The number of hydrogen-bond acceptors (Lipinski definition) is 4. The van der Waals surface area contributed by atoms with Crippen molar-refractivity contribution in [3.8, 4) is 11.5 Å². The van der Waals surface area contributed by atoms with E-state index in [2.05, 4.69) is 14.5 Å². The highest BCUT2D eigenvalue weighted by molar-refractivity contribution is 5.76. The molecule has 0 saturated carbocycles. The van der Waals surface area contributed by atoms with E-state index in [9.17, 15) is 0 Å². The summed E-state index contributed by atoms with van der Waals surface area (Å²) in [6.07, 6.45) is 4.70. The Morgan fingerprint density at radius 1 is 1.14 bits per heavy atom. The Morgan fingerprint density at radius 2 is 2.10 bits per heavy atom. The van der Waals surface area contributed by atoms with E-state index in [1.807, 2.05) is 36.5 Å². The van der Waals surface area contributed by atoms with Crippen LogP contribution in [-0.4, -0.2) is 32.7 Å². The first-order chi connectivity index (χ1) is 10.4. The molecule has 0 aromatic carbocycles. The van der Waals surface area contributed by atoms with E-state index in [-0.39, 0.29) is 0 Å². The fourth-order valence-electron chi connectivity index (χ4n) is 2.81. The maximum atomic E-state index is 5.49. The van der Waals surface area contributed by atoms with E-state index in [1.54, 1.807) is 6.20 Å². The maximum Gasteiger partial charge on any atom is 0.161 e. The van der Waals surface area contributed by atoms with Crippen LogP contribution in [0, 0.1) is 5.92 Å². The molecular formula is C16H16N4O. The van der Waals surface area contributed by atoms with Gasteiger partial charge in [-0.2, -0.15) is 0 Å². The molecule has 1 fully saturated rings. The van der Waals surface area contributed by atoms with Gasteiger partial charge in [0.1, 0.15) is 11.2 Å². The first-order valence-electron chi connectivity index (χ1n) is 7.22. The number of pyridine rings is 2. The monoisotopic (exact) mass is 280 g/mol. The van der Waals surface area contributed by atoms with Gasteiger partial charge in [-0.15, -0.1) is 0 Å². The summed E-state index contributed by atoms with van der Waals surface area (Å²) in [5.41, 5.74) is 2.72. The van der Waals surface area contributed by atoms with Gasteiger partial charge in [-0.1, -0.05) is 6.07 Å². The largest absolute Gasteiger partial charge is 0.381 e. The molecule has 5 heteroatoms. The number of rotatable bonds is 3. The highest BCUT2D eigenvalue weighted by Gasteiger charge is 2.21. The van der Waals surface area contributed by atoms with Gasteiger partial charge >= 0.3 is 0 Å².